The molecule has 0 aliphatic rings. The molecule has 0 radical (unpaired) electrons. The lowest BCUT2D eigenvalue weighted by molar-refractivity contribution is -0.143. The molecule has 0 spiro atoms. The molecule has 0 heterocycles. The number of amides is 3. The number of alkyl halides is 6. The molecule has 1 unspecified atom stereocenters. The van der Waals surface area contributed by atoms with Gasteiger partial charge in [0, 0.05) is 11.8 Å². The highest BCUT2D eigenvalue weighted by atomic mass is 19.4. The minimum absolute atomic E-state index is 0.0447. The zero-order valence-electron chi connectivity index (χ0n) is 19.9. The summed E-state index contributed by atoms with van der Waals surface area (Å²) in [6.07, 6.45) is -5.22. The Morgan fingerprint density at radius 2 is 1.45 bits per heavy atom. The number of halogens is 8. The molecule has 6 nitrogen and oxygen atoms in total. The largest absolute Gasteiger partial charge is 0.481 e. The lowest BCUT2D eigenvalue weighted by atomic mass is 10.1. The van der Waals surface area contributed by atoms with Crippen LogP contribution >= 0.6 is 0 Å². The second kappa shape index (κ2) is 11.9. The van der Waals surface area contributed by atoms with Crippen LogP contribution < -0.4 is 20.7 Å². The average molecular weight is 571 g/mol. The molecule has 210 valence electrons. The number of benzene rings is 3. The quantitative estimate of drug-likeness (QED) is 0.223. The Kier molecular flexibility index (Phi) is 8.88. The van der Waals surface area contributed by atoms with E-state index < -0.39 is 64.5 Å². The van der Waals surface area contributed by atoms with Crippen molar-refractivity contribution in [2.24, 2.45) is 0 Å². The highest BCUT2D eigenvalue weighted by molar-refractivity contribution is 6.00. The van der Waals surface area contributed by atoms with Crippen molar-refractivity contribution in [3.63, 3.8) is 0 Å². The first-order chi connectivity index (χ1) is 18.7. The van der Waals surface area contributed by atoms with Gasteiger partial charge in [-0.2, -0.15) is 26.3 Å². The van der Waals surface area contributed by atoms with Gasteiger partial charge in [-0.1, -0.05) is 18.1 Å². The maximum atomic E-state index is 14.1. The summed E-state index contributed by atoms with van der Waals surface area (Å²) in [5.74, 6) is -0.686. The van der Waals surface area contributed by atoms with Gasteiger partial charge in [0.05, 0.1) is 16.8 Å². The topological polar surface area (TPSA) is 79.5 Å². The van der Waals surface area contributed by atoms with Crippen LogP contribution in [0.4, 0.5) is 51.3 Å². The number of anilines is 2. The van der Waals surface area contributed by atoms with Gasteiger partial charge in [-0.25, -0.2) is 13.6 Å². The molecule has 3 amide bonds. The van der Waals surface area contributed by atoms with Gasteiger partial charge in [-0.15, -0.1) is 6.42 Å². The molecule has 1 atom stereocenters. The third kappa shape index (κ3) is 7.85. The Hall–Kier alpha value is -4.80. The predicted molar refractivity (Wildman–Crippen MR) is 127 cm³/mol. The van der Waals surface area contributed by atoms with Crippen LogP contribution in [0.1, 0.15) is 22.7 Å². The fourth-order valence-electron chi connectivity index (χ4n) is 3.30. The number of ether oxygens (including phenoxy) is 1. The van der Waals surface area contributed by atoms with Gasteiger partial charge in [0.1, 0.15) is 30.0 Å². The fourth-order valence-corrected chi connectivity index (χ4v) is 3.30. The van der Waals surface area contributed by atoms with Crippen LogP contribution in [0.2, 0.25) is 0 Å². The molecular weight excluding hydrogens is 554 g/mol. The molecular formula is C26H17F8N3O3. The van der Waals surface area contributed by atoms with Crippen molar-refractivity contribution in [1.82, 2.24) is 5.32 Å². The van der Waals surface area contributed by atoms with Gasteiger partial charge in [0.15, 0.2) is 0 Å². The number of carbonyl (C=O) groups is 2. The van der Waals surface area contributed by atoms with E-state index in [9.17, 15) is 44.7 Å². The normalized spacial score (nSPS) is 12.2. The highest BCUT2D eigenvalue weighted by Crippen LogP contribution is 2.37. The van der Waals surface area contributed by atoms with Gasteiger partial charge < -0.3 is 20.7 Å². The summed E-state index contributed by atoms with van der Waals surface area (Å²) in [7, 11) is 0. The summed E-state index contributed by atoms with van der Waals surface area (Å²) in [4.78, 5) is 25.7. The zero-order valence-corrected chi connectivity index (χ0v) is 19.9. The van der Waals surface area contributed by atoms with E-state index in [1.807, 2.05) is 5.32 Å². The minimum Gasteiger partial charge on any atom is -0.481 e. The Balaban J connectivity index is 1.91. The van der Waals surface area contributed by atoms with Crippen LogP contribution in [0.15, 0.2) is 60.7 Å². The molecule has 40 heavy (non-hydrogen) atoms. The number of terminal acetylenes is 1. The van der Waals surface area contributed by atoms with Crippen molar-refractivity contribution in [3.05, 3.63) is 89.0 Å². The molecule has 14 heteroatoms. The van der Waals surface area contributed by atoms with Crippen molar-refractivity contribution in [2.75, 3.05) is 17.2 Å². The van der Waals surface area contributed by atoms with E-state index in [-0.39, 0.29) is 36.1 Å². The third-order valence-electron chi connectivity index (χ3n) is 5.11. The fraction of sp³-hybridized carbons (Fsp3) is 0.154. The van der Waals surface area contributed by atoms with E-state index in [1.165, 1.54) is 24.3 Å². The molecule has 0 aromatic heterocycles. The van der Waals surface area contributed by atoms with E-state index >= 15 is 0 Å². The van der Waals surface area contributed by atoms with Crippen LogP contribution in [-0.2, 0) is 17.1 Å². The van der Waals surface area contributed by atoms with Gasteiger partial charge in [-0.3, -0.25) is 4.79 Å². The predicted octanol–water partition coefficient (Wildman–Crippen LogP) is 6.52. The average Bonchev–Trinajstić information content (AvgIpc) is 2.87. The highest BCUT2D eigenvalue weighted by Gasteiger charge is 2.37. The van der Waals surface area contributed by atoms with Crippen molar-refractivity contribution in [1.29, 1.82) is 0 Å². The van der Waals surface area contributed by atoms with Gasteiger partial charge in [-0.05, 0) is 48.0 Å². The lowest BCUT2D eigenvalue weighted by Crippen LogP contribution is -2.39. The number of carbonyl (C=O) groups excluding carboxylic acids is 2. The molecule has 0 fully saturated rings. The number of hydrogen-bond acceptors (Lipinski definition) is 3. The van der Waals surface area contributed by atoms with Crippen molar-refractivity contribution >= 4 is 23.3 Å². The first-order valence-corrected chi connectivity index (χ1v) is 11.0. The standard InChI is InChI=1S/C26H17F8N3O3/c1-2-9-40-19-6-3-14(4-7-19)22(23(38)36-21-8-5-17(27)13-20(21)28)37-24(39)35-18-11-15(25(29,30)31)10-16(12-18)26(32,33)34/h1,3-8,10-13,22H,9H2,(H,36,38)(H2,35,37,39). The summed E-state index contributed by atoms with van der Waals surface area (Å²) in [5.41, 5.74) is -4.66. The summed E-state index contributed by atoms with van der Waals surface area (Å²) >= 11 is 0. The van der Waals surface area contributed by atoms with Gasteiger partial charge in [0.2, 0.25) is 0 Å². The maximum Gasteiger partial charge on any atom is 0.416 e. The van der Waals surface area contributed by atoms with Crippen LogP contribution in [0, 0.1) is 24.0 Å². The SMILES string of the molecule is C#CCOc1ccc(C(NC(=O)Nc2cc(C(F)(F)F)cc(C(F)(F)F)c2)C(=O)Nc2ccc(F)cc2F)cc1. The van der Waals surface area contributed by atoms with E-state index in [2.05, 4.69) is 16.6 Å². The number of nitrogens with one attached hydrogen (secondary N) is 3. The van der Waals surface area contributed by atoms with Crippen LogP contribution in [0.25, 0.3) is 0 Å². The molecule has 0 saturated heterocycles. The monoisotopic (exact) mass is 571 g/mol. The lowest BCUT2D eigenvalue weighted by Gasteiger charge is -2.20. The summed E-state index contributed by atoms with van der Waals surface area (Å²) in [6, 6.07) is 4.90. The molecule has 3 aromatic carbocycles. The van der Waals surface area contributed by atoms with Gasteiger partial charge in [0.25, 0.3) is 5.91 Å². The zero-order chi connectivity index (χ0) is 29.7. The Bertz CT molecular complexity index is 1400. The molecule has 3 N–H and O–H groups in total. The van der Waals surface area contributed by atoms with Gasteiger partial charge >= 0.3 is 18.4 Å². The second-order valence-electron chi connectivity index (χ2n) is 8.00. The Labute approximate surface area is 221 Å². The first kappa shape index (κ1) is 29.8. The smallest absolute Gasteiger partial charge is 0.416 e. The van der Waals surface area contributed by atoms with Crippen molar-refractivity contribution in [3.8, 4) is 18.1 Å². The van der Waals surface area contributed by atoms with Crippen molar-refractivity contribution < 1.29 is 49.4 Å². The molecule has 3 aromatic rings. The molecule has 0 saturated carbocycles. The number of hydrogen-bond donors (Lipinski definition) is 3. The Morgan fingerprint density at radius 1 is 0.850 bits per heavy atom. The molecule has 3 rings (SSSR count). The second-order valence-corrected chi connectivity index (χ2v) is 8.00. The molecule has 0 bridgehead atoms. The van der Waals surface area contributed by atoms with Crippen LogP contribution in [-0.4, -0.2) is 18.5 Å². The first-order valence-electron chi connectivity index (χ1n) is 11.0. The van der Waals surface area contributed by atoms with Crippen molar-refractivity contribution in [2.45, 2.75) is 18.4 Å². The minimum atomic E-state index is -5.17. The van der Waals surface area contributed by atoms with E-state index in [0.717, 1.165) is 12.1 Å². The van der Waals surface area contributed by atoms with Crippen LogP contribution in [0.3, 0.4) is 0 Å². The maximum absolute atomic E-state index is 14.1. The Morgan fingerprint density at radius 3 is 1.98 bits per heavy atom. The summed E-state index contributed by atoms with van der Waals surface area (Å²) < 4.78 is 112. The molecule has 0 aliphatic carbocycles. The summed E-state index contributed by atoms with van der Waals surface area (Å²) in [6.45, 7) is -0.0926. The third-order valence-corrected chi connectivity index (χ3v) is 5.11. The van der Waals surface area contributed by atoms with E-state index in [0.29, 0.717) is 6.07 Å². The number of urea groups is 1. The number of rotatable bonds is 7. The molecule has 0 aliphatic heterocycles. The van der Waals surface area contributed by atoms with E-state index in [4.69, 9.17) is 11.2 Å². The summed E-state index contributed by atoms with van der Waals surface area (Å²) in [5, 5.41) is 6.09. The van der Waals surface area contributed by atoms with E-state index in [1.54, 1.807) is 0 Å². The van der Waals surface area contributed by atoms with Crippen LogP contribution in [0.5, 0.6) is 5.75 Å².